The Bertz CT molecular complexity index is 707. The first kappa shape index (κ1) is 15.3. The standard InChI is InChI=1S/C16H21N5O3/c1-10-19-16(24-20-10)11-4-6-23-13-3-5-21(8-12(11)13)14-7-15(22-2)18-9-17-14/h7,9,11-13H,3-6,8H2,1-2H3/t11-,12-,13-/m1/s1. The Balaban J connectivity index is 1.57. The molecule has 0 spiro atoms. The minimum absolute atomic E-state index is 0.232. The summed E-state index contributed by atoms with van der Waals surface area (Å²) >= 11 is 0. The molecular weight excluding hydrogens is 310 g/mol. The number of rotatable bonds is 3. The lowest BCUT2D eigenvalue weighted by molar-refractivity contribution is -0.0522. The second-order valence-corrected chi connectivity index (χ2v) is 6.30. The largest absolute Gasteiger partial charge is 0.481 e. The van der Waals surface area contributed by atoms with Crippen molar-refractivity contribution in [2.45, 2.75) is 31.8 Å². The fraction of sp³-hybridized carbons (Fsp3) is 0.625. The second kappa shape index (κ2) is 6.35. The summed E-state index contributed by atoms with van der Waals surface area (Å²) in [5.74, 6) is 3.41. The lowest BCUT2D eigenvalue weighted by atomic mass is 9.79. The summed E-state index contributed by atoms with van der Waals surface area (Å²) < 4.78 is 16.7. The van der Waals surface area contributed by atoms with Gasteiger partial charge in [0.05, 0.1) is 13.2 Å². The van der Waals surface area contributed by atoms with Gasteiger partial charge in [-0.05, 0) is 19.8 Å². The van der Waals surface area contributed by atoms with Gasteiger partial charge in [-0.2, -0.15) is 4.98 Å². The monoisotopic (exact) mass is 331 g/mol. The van der Waals surface area contributed by atoms with E-state index in [1.54, 1.807) is 7.11 Å². The third kappa shape index (κ3) is 2.82. The normalized spacial score (nSPS) is 26.9. The van der Waals surface area contributed by atoms with Gasteiger partial charge in [0.25, 0.3) is 0 Å². The Morgan fingerprint density at radius 1 is 1.29 bits per heavy atom. The lowest BCUT2D eigenvalue weighted by Gasteiger charge is -2.44. The average Bonchev–Trinajstić information content (AvgIpc) is 3.07. The first-order chi connectivity index (χ1) is 11.7. The first-order valence-corrected chi connectivity index (χ1v) is 8.27. The molecule has 0 amide bonds. The molecule has 0 N–H and O–H groups in total. The molecule has 0 radical (unpaired) electrons. The van der Waals surface area contributed by atoms with Crippen LogP contribution in [-0.2, 0) is 4.74 Å². The van der Waals surface area contributed by atoms with E-state index >= 15 is 0 Å². The van der Waals surface area contributed by atoms with Gasteiger partial charge in [-0.3, -0.25) is 0 Å². The molecule has 2 saturated heterocycles. The molecule has 0 saturated carbocycles. The summed E-state index contributed by atoms with van der Waals surface area (Å²) in [6, 6.07) is 1.87. The van der Waals surface area contributed by atoms with Crippen LogP contribution < -0.4 is 9.64 Å². The van der Waals surface area contributed by atoms with Crippen LogP contribution in [0.15, 0.2) is 16.9 Å². The number of fused-ring (bicyclic) bond motifs is 1. The van der Waals surface area contributed by atoms with Crippen molar-refractivity contribution in [2.75, 3.05) is 31.7 Å². The molecular formula is C16H21N5O3. The first-order valence-electron chi connectivity index (χ1n) is 8.27. The molecule has 0 unspecified atom stereocenters. The Hall–Kier alpha value is -2.22. The van der Waals surface area contributed by atoms with Crippen molar-refractivity contribution >= 4 is 5.82 Å². The van der Waals surface area contributed by atoms with Gasteiger partial charge in [-0.1, -0.05) is 5.16 Å². The van der Waals surface area contributed by atoms with Crippen molar-refractivity contribution in [1.29, 1.82) is 0 Å². The lowest BCUT2D eigenvalue weighted by Crippen LogP contribution is -2.49. The van der Waals surface area contributed by atoms with E-state index in [4.69, 9.17) is 14.0 Å². The van der Waals surface area contributed by atoms with Crippen LogP contribution >= 0.6 is 0 Å². The SMILES string of the molecule is COc1cc(N2CC[C@H]3OCC[C@@H](c4nc(C)no4)[C@H]3C2)ncn1. The molecule has 2 aliphatic rings. The van der Waals surface area contributed by atoms with Gasteiger partial charge in [0.15, 0.2) is 5.82 Å². The average molecular weight is 331 g/mol. The van der Waals surface area contributed by atoms with Crippen molar-refractivity contribution in [3.05, 3.63) is 24.1 Å². The van der Waals surface area contributed by atoms with Crippen molar-refractivity contribution in [2.24, 2.45) is 5.92 Å². The number of aryl methyl sites for hydroxylation is 1. The zero-order valence-electron chi connectivity index (χ0n) is 13.9. The quantitative estimate of drug-likeness (QED) is 0.838. The predicted octanol–water partition coefficient (Wildman–Crippen LogP) is 1.58. The van der Waals surface area contributed by atoms with Crippen molar-refractivity contribution in [1.82, 2.24) is 20.1 Å². The Morgan fingerprint density at radius 3 is 3.00 bits per heavy atom. The van der Waals surface area contributed by atoms with Gasteiger partial charge >= 0.3 is 0 Å². The fourth-order valence-electron chi connectivity index (χ4n) is 3.71. The zero-order valence-corrected chi connectivity index (χ0v) is 13.9. The van der Waals surface area contributed by atoms with Crippen LogP contribution in [-0.4, -0.2) is 53.0 Å². The molecule has 24 heavy (non-hydrogen) atoms. The van der Waals surface area contributed by atoms with Crippen LogP contribution in [0.3, 0.4) is 0 Å². The van der Waals surface area contributed by atoms with Crippen LogP contribution in [0.4, 0.5) is 5.82 Å². The predicted molar refractivity (Wildman–Crippen MR) is 85.0 cm³/mol. The van der Waals surface area contributed by atoms with Gasteiger partial charge in [0.2, 0.25) is 11.8 Å². The van der Waals surface area contributed by atoms with Gasteiger partial charge in [-0.15, -0.1) is 0 Å². The van der Waals surface area contributed by atoms with Crippen molar-refractivity contribution in [3.63, 3.8) is 0 Å². The Kier molecular flexibility index (Phi) is 4.05. The number of methoxy groups -OCH3 is 1. The molecule has 0 bridgehead atoms. The highest BCUT2D eigenvalue weighted by molar-refractivity contribution is 5.41. The molecule has 8 nitrogen and oxygen atoms in total. The number of anilines is 1. The van der Waals surface area contributed by atoms with E-state index in [2.05, 4.69) is 25.0 Å². The smallest absolute Gasteiger partial charge is 0.230 e. The third-order valence-corrected chi connectivity index (χ3v) is 4.89. The van der Waals surface area contributed by atoms with E-state index in [9.17, 15) is 0 Å². The molecule has 2 fully saturated rings. The molecule has 4 heterocycles. The highest BCUT2D eigenvalue weighted by Gasteiger charge is 2.41. The molecule has 2 aromatic heterocycles. The van der Waals surface area contributed by atoms with E-state index in [1.165, 1.54) is 6.33 Å². The second-order valence-electron chi connectivity index (χ2n) is 6.30. The highest BCUT2D eigenvalue weighted by Crippen LogP contribution is 2.39. The Labute approximate surface area is 140 Å². The van der Waals surface area contributed by atoms with Crippen LogP contribution in [0.1, 0.15) is 30.5 Å². The van der Waals surface area contributed by atoms with Crippen LogP contribution in [0, 0.1) is 12.8 Å². The molecule has 8 heteroatoms. The molecule has 4 rings (SSSR count). The molecule has 128 valence electrons. The number of aromatic nitrogens is 4. The van der Waals surface area contributed by atoms with Gasteiger partial charge in [-0.25, -0.2) is 9.97 Å². The number of ether oxygens (including phenoxy) is 2. The topological polar surface area (TPSA) is 86.4 Å². The molecule has 3 atom stereocenters. The fourth-order valence-corrected chi connectivity index (χ4v) is 3.71. The summed E-state index contributed by atoms with van der Waals surface area (Å²) in [6.45, 7) is 4.34. The van der Waals surface area contributed by atoms with E-state index in [0.717, 1.165) is 44.2 Å². The minimum atomic E-state index is 0.232. The maximum absolute atomic E-state index is 6.00. The van der Waals surface area contributed by atoms with Crippen LogP contribution in [0.2, 0.25) is 0 Å². The van der Waals surface area contributed by atoms with Gasteiger partial charge in [0.1, 0.15) is 12.1 Å². The number of hydrogen-bond donors (Lipinski definition) is 0. The molecule has 2 aliphatic heterocycles. The summed E-state index contributed by atoms with van der Waals surface area (Å²) in [4.78, 5) is 15.2. The van der Waals surface area contributed by atoms with Crippen molar-refractivity contribution < 1.29 is 14.0 Å². The van der Waals surface area contributed by atoms with Gasteiger partial charge in [0, 0.05) is 37.6 Å². The number of hydrogen-bond acceptors (Lipinski definition) is 8. The summed E-state index contributed by atoms with van der Waals surface area (Å²) in [5, 5.41) is 3.95. The summed E-state index contributed by atoms with van der Waals surface area (Å²) in [7, 11) is 1.61. The van der Waals surface area contributed by atoms with Crippen LogP contribution in [0.25, 0.3) is 0 Å². The maximum Gasteiger partial charge on any atom is 0.230 e. The molecule has 2 aromatic rings. The van der Waals surface area contributed by atoms with E-state index in [-0.39, 0.29) is 12.0 Å². The van der Waals surface area contributed by atoms with Gasteiger partial charge < -0.3 is 18.9 Å². The number of piperidine rings is 1. The van der Waals surface area contributed by atoms with Crippen LogP contribution in [0.5, 0.6) is 5.88 Å². The maximum atomic E-state index is 6.00. The minimum Gasteiger partial charge on any atom is -0.481 e. The van der Waals surface area contributed by atoms with E-state index in [0.29, 0.717) is 17.6 Å². The highest BCUT2D eigenvalue weighted by atomic mass is 16.5. The summed E-state index contributed by atoms with van der Waals surface area (Å²) in [5.41, 5.74) is 0. The molecule has 0 aromatic carbocycles. The zero-order chi connectivity index (χ0) is 16.5. The molecule has 0 aliphatic carbocycles. The Morgan fingerprint density at radius 2 is 2.21 bits per heavy atom. The van der Waals surface area contributed by atoms with Crippen molar-refractivity contribution in [3.8, 4) is 5.88 Å². The van der Waals surface area contributed by atoms with E-state index in [1.807, 2.05) is 13.0 Å². The third-order valence-electron chi connectivity index (χ3n) is 4.89. The summed E-state index contributed by atoms with van der Waals surface area (Å²) in [6.07, 6.45) is 3.64. The number of nitrogens with zero attached hydrogens (tertiary/aromatic N) is 5. The van der Waals surface area contributed by atoms with E-state index < -0.39 is 0 Å².